The lowest BCUT2D eigenvalue weighted by Gasteiger charge is -2.34. The van der Waals surface area contributed by atoms with Crippen LogP contribution in [0.5, 0.6) is 0 Å². The second-order valence-electron chi connectivity index (χ2n) is 5.06. The molecule has 2 aliphatic rings. The summed E-state index contributed by atoms with van der Waals surface area (Å²) in [6.45, 7) is 6.11. The van der Waals surface area contributed by atoms with Gasteiger partial charge in [-0.25, -0.2) is 0 Å². The molecule has 1 amide bonds. The Morgan fingerprint density at radius 1 is 1.29 bits per heavy atom. The fraction of sp³-hybridized carbons (Fsp3) is 0.917. The molecule has 0 radical (unpaired) electrons. The van der Waals surface area contributed by atoms with Gasteiger partial charge in [0, 0.05) is 39.3 Å². The lowest BCUT2D eigenvalue weighted by Crippen LogP contribution is -2.50. The largest absolute Gasteiger partial charge is 0.396 e. The maximum atomic E-state index is 12.1. The number of piperazine rings is 1. The maximum Gasteiger partial charge on any atom is 0.236 e. The van der Waals surface area contributed by atoms with Crippen LogP contribution in [0.25, 0.3) is 0 Å². The highest BCUT2D eigenvalue weighted by atomic mass is 16.3. The molecular weight excluding hydrogens is 218 g/mol. The van der Waals surface area contributed by atoms with Gasteiger partial charge in [0.25, 0.3) is 0 Å². The van der Waals surface area contributed by atoms with Gasteiger partial charge in [0.2, 0.25) is 5.91 Å². The highest BCUT2D eigenvalue weighted by Crippen LogP contribution is 2.15. The molecule has 5 nitrogen and oxygen atoms in total. The van der Waals surface area contributed by atoms with Gasteiger partial charge in [0.15, 0.2) is 0 Å². The summed E-state index contributed by atoms with van der Waals surface area (Å²) in [4.78, 5) is 16.2. The van der Waals surface area contributed by atoms with E-state index in [4.69, 9.17) is 5.11 Å². The summed E-state index contributed by atoms with van der Waals surface area (Å²) in [5.74, 6) is 0.602. The molecule has 5 heteroatoms. The van der Waals surface area contributed by atoms with Crippen LogP contribution >= 0.6 is 0 Å². The van der Waals surface area contributed by atoms with Crippen molar-refractivity contribution in [2.75, 3.05) is 52.4 Å². The van der Waals surface area contributed by atoms with E-state index in [1.165, 1.54) is 0 Å². The number of nitrogens with zero attached hydrogens (tertiary/aromatic N) is 2. The topological polar surface area (TPSA) is 55.8 Å². The number of aliphatic hydroxyl groups excluding tert-OH is 1. The van der Waals surface area contributed by atoms with E-state index in [-0.39, 0.29) is 12.5 Å². The quantitative estimate of drug-likeness (QED) is 0.674. The standard InChI is InChI=1S/C12H23N3O2/c16-10-11-2-1-5-14(8-11)9-12(17)15-6-3-13-4-7-15/h11,13,16H,1-10H2. The molecule has 2 N–H and O–H groups in total. The molecule has 0 aromatic rings. The number of aliphatic hydroxyl groups is 1. The molecule has 2 heterocycles. The molecule has 1 unspecified atom stereocenters. The SMILES string of the molecule is O=C(CN1CCCC(CO)C1)N1CCNCC1. The Hall–Kier alpha value is -0.650. The van der Waals surface area contributed by atoms with E-state index in [1.807, 2.05) is 4.90 Å². The second-order valence-corrected chi connectivity index (χ2v) is 5.06. The molecular formula is C12H23N3O2. The molecule has 0 spiro atoms. The number of likely N-dealkylation sites (tertiary alicyclic amines) is 1. The summed E-state index contributed by atoms with van der Waals surface area (Å²) in [5, 5.41) is 12.4. The van der Waals surface area contributed by atoms with E-state index in [2.05, 4.69) is 10.2 Å². The number of hydrogen-bond acceptors (Lipinski definition) is 4. The van der Waals surface area contributed by atoms with E-state index in [0.717, 1.165) is 52.1 Å². The van der Waals surface area contributed by atoms with Gasteiger partial charge in [-0.15, -0.1) is 0 Å². The van der Waals surface area contributed by atoms with Crippen molar-refractivity contribution in [2.45, 2.75) is 12.8 Å². The number of rotatable bonds is 3. The first-order chi connectivity index (χ1) is 8.29. The van der Waals surface area contributed by atoms with Crippen molar-refractivity contribution in [3.8, 4) is 0 Å². The molecule has 17 heavy (non-hydrogen) atoms. The number of piperidine rings is 1. The van der Waals surface area contributed by atoms with Crippen LogP contribution in [0, 0.1) is 5.92 Å². The molecule has 2 rings (SSSR count). The van der Waals surface area contributed by atoms with Crippen molar-refractivity contribution in [1.29, 1.82) is 0 Å². The van der Waals surface area contributed by atoms with E-state index < -0.39 is 0 Å². The molecule has 2 saturated heterocycles. The Labute approximate surface area is 103 Å². The van der Waals surface area contributed by atoms with Crippen LogP contribution in [0.3, 0.4) is 0 Å². The summed E-state index contributed by atoms with van der Waals surface area (Å²) >= 11 is 0. The minimum atomic E-state index is 0.241. The van der Waals surface area contributed by atoms with E-state index in [0.29, 0.717) is 12.5 Å². The predicted octanol–water partition coefficient (Wildman–Crippen LogP) is -0.877. The third kappa shape index (κ3) is 3.66. The zero-order valence-corrected chi connectivity index (χ0v) is 10.4. The summed E-state index contributed by atoms with van der Waals surface area (Å²) < 4.78 is 0. The molecule has 0 aromatic heterocycles. The van der Waals surface area contributed by atoms with Crippen molar-refractivity contribution >= 4 is 5.91 Å². The summed E-state index contributed by atoms with van der Waals surface area (Å²) in [6.07, 6.45) is 2.19. The lowest BCUT2D eigenvalue weighted by molar-refractivity contribution is -0.133. The van der Waals surface area contributed by atoms with Crippen LogP contribution in [0.4, 0.5) is 0 Å². The second kappa shape index (κ2) is 6.33. The summed E-state index contributed by atoms with van der Waals surface area (Å²) in [5.41, 5.74) is 0. The van der Waals surface area contributed by atoms with Crippen molar-refractivity contribution in [3.63, 3.8) is 0 Å². The first kappa shape index (κ1) is 12.8. The molecule has 2 fully saturated rings. The van der Waals surface area contributed by atoms with E-state index in [1.54, 1.807) is 0 Å². The molecule has 0 saturated carbocycles. The van der Waals surface area contributed by atoms with Gasteiger partial charge in [-0.3, -0.25) is 9.69 Å². The fourth-order valence-corrected chi connectivity index (χ4v) is 2.65. The van der Waals surface area contributed by atoms with Gasteiger partial charge in [-0.1, -0.05) is 0 Å². The third-order valence-electron chi connectivity index (χ3n) is 3.69. The van der Waals surface area contributed by atoms with Gasteiger partial charge in [-0.2, -0.15) is 0 Å². The molecule has 0 bridgehead atoms. The van der Waals surface area contributed by atoms with Crippen LogP contribution in [-0.4, -0.2) is 73.2 Å². The Morgan fingerprint density at radius 3 is 2.76 bits per heavy atom. The number of carbonyl (C=O) groups excluding carboxylic acids is 1. The lowest BCUT2D eigenvalue weighted by atomic mass is 9.99. The predicted molar refractivity (Wildman–Crippen MR) is 65.7 cm³/mol. The Kier molecular flexibility index (Phi) is 4.76. The Morgan fingerprint density at radius 2 is 2.06 bits per heavy atom. The van der Waals surface area contributed by atoms with Gasteiger partial charge in [0.1, 0.15) is 0 Å². The van der Waals surface area contributed by atoms with Crippen molar-refractivity contribution in [1.82, 2.24) is 15.1 Å². The third-order valence-corrected chi connectivity index (χ3v) is 3.69. The number of carbonyl (C=O) groups is 1. The van der Waals surface area contributed by atoms with Gasteiger partial charge < -0.3 is 15.3 Å². The zero-order valence-electron chi connectivity index (χ0n) is 10.4. The minimum absolute atomic E-state index is 0.241. The van der Waals surface area contributed by atoms with Crippen molar-refractivity contribution in [3.05, 3.63) is 0 Å². The number of hydrogen-bond donors (Lipinski definition) is 2. The summed E-state index contributed by atoms with van der Waals surface area (Å²) in [7, 11) is 0. The summed E-state index contributed by atoms with van der Waals surface area (Å²) in [6, 6.07) is 0. The average molecular weight is 241 g/mol. The highest BCUT2D eigenvalue weighted by molar-refractivity contribution is 5.78. The Bertz CT molecular complexity index is 254. The van der Waals surface area contributed by atoms with Crippen LogP contribution in [0.15, 0.2) is 0 Å². The molecule has 2 aliphatic heterocycles. The van der Waals surface area contributed by atoms with Crippen LogP contribution in [0.2, 0.25) is 0 Å². The fourth-order valence-electron chi connectivity index (χ4n) is 2.65. The first-order valence-corrected chi connectivity index (χ1v) is 6.61. The highest BCUT2D eigenvalue weighted by Gasteiger charge is 2.23. The average Bonchev–Trinajstić information content (AvgIpc) is 2.40. The zero-order chi connectivity index (χ0) is 12.1. The van der Waals surface area contributed by atoms with E-state index >= 15 is 0 Å². The smallest absolute Gasteiger partial charge is 0.236 e. The molecule has 0 aliphatic carbocycles. The monoisotopic (exact) mass is 241 g/mol. The van der Waals surface area contributed by atoms with E-state index in [9.17, 15) is 4.79 Å². The molecule has 1 atom stereocenters. The van der Waals surface area contributed by atoms with Crippen molar-refractivity contribution in [2.24, 2.45) is 5.92 Å². The first-order valence-electron chi connectivity index (χ1n) is 6.61. The van der Waals surface area contributed by atoms with Crippen LogP contribution in [-0.2, 0) is 4.79 Å². The maximum absolute atomic E-state index is 12.1. The molecule has 98 valence electrons. The number of nitrogens with one attached hydrogen (secondary N) is 1. The van der Waals surface area contributed by atoms with Crippen molar-refractivity contribution < 1.29 is 9.90 Å². The normalized spacial score (nSPS) is 27.1. The minimum Gasteiger partial charge on any atom is -0.396 e. The molecule has 0 aromatic carbocycles. The van der Waals surface area contributed by atoms with Gasteiger partial charge in [-0.05, 0) is 25.3 Å². The number of amides is 1. The van der Waals surface area contributed by atoms with Gasteiger partial charge in [0.05, 0.1) is 6.54 Å². The van der Waals surface area contributed by atoms with Crippen LogP contribution < -0.4 is 5.32 Å². The van der Waals surface area contributed by atoms with Crippen LogP contribution in [0.1, 0.15) is 12.8 Å². The van der Waals surface area contributed by atoms with Gasteiger partial charge >= 0.3 is 0 Å². The Balaban J connectivity index is 1.77.